The van der Waals surface area contributed by atoms with Gasteiger partial charge in [-0.25, -0.2) is 0 Å². The third kappa shape index (κ3) is 2.43. The minimum atomic E-state index is 0.537. The Kier molecular flexibility index (Phi) is 3.71. The molecule has 0 unspecified atom stereocenters. The van der Waals surface area contributed by atoms with E-state index in [0.717, 1.165) is 22.4 Å². The van der Waals surface area contributed by atoms with Gasteiger partial charge in [0, 0.05) is 10.5 Å². The summed E-state index contributed by atoms with van der Waals surface area (Å²) < 4.78 is 0. The van der Waals surface area contributed by atoms with E-state index in [-0.39, 0.29) is 0 Å². The van der Waals surface area contributed by atoms with Crippen molar-refractivity contribution < 1.29 is 0 Å². The summed E-state index contributed by atoms with van der Waals surface area (Å²) in [6.07, 6.45) is 2.08. The highest BCUT2D eigenvalue weighted by Crippen LogP contribution is 2.39. The first kappa shape index (κ1) is 13.8. The molecule has 3 N–H and O–H groups in total. The topological polar surface area (TPSA) is 54.7 Å². The molecule has 1 heterocycles. The Balaban J connectivity index is 2.25. The van der Waals surface area contributed by atoms with E-state index < -0.39 is 0 Å². The van der Waals surface area contributed by atoms with Gasteiger partial charge in [-0.15, -0.1) is 11.8 Å². The van der Waals surface area contributed by atoms with Gasteiger partial charge in [-0.3, -0.25) is 5.10 Å². The molecule has 21 heavy (non-hydrogen) atoms. The second-order valence-corrected chi connectivity index (χ2v) is 5.72. The first-order valence-corrected chi connectivity index (χ1v) is 7.98. The molecule has 4 heteroatoms. The van der Waals surface area contributed by atoms with E-state index in [2.05, 4.69) is 47.6 Å². The van der Waals surface area contributed by atoms with Crippen LogP contribution in [0.5, 0.6) is 0 Å². The molecule has 2 aromatic carbocycles. The van der Waals surface area contributed by atoms with Crippen LogP contribution in [0.3, 0.4) is 0 Å². The first-order valence-electron chi connectivity index (χ1n) is 6.75. The molecule has 0 spiro atoms. The summed E-state index contributed by atoms with van der Waals surface area (Å²) in [5, 5.41) is 7.33. The molecule has 0 aliphatic carbocycles. The third-order valence-electron chi connectivity index (χ3n) is 3.59. The number of H-pyrrole nitrogens is 1. The van der Waals surface area contributed by atoms with E-state index in [4.69, 9.17) is 5.73 Å². The summed E-state index contributed by atoms with van der Waals surface area (Å²) in [6, 6.07) is 16.5. The molecule has 0 saturated carbocycles. The van der Waals surface area contributed by atoms with Gasteiger partial charge < -0.3 is 5.73 Å². The molecule has 3 nitrogen and oxygen atoms in total. The van der Waals surface area contributed by atoms with Gasteiger partial charge >= 0.3 is 0 Å². The van der Waals surface area contributed by atoms with Crippen LogP contribution >= 0.6 is 11.8 Å². The summed E-state index contributed by atoms with van der Waals surface area (Å²) in [5.41, 5.74) is 11.5. The molecule has 0 fully saturated rings. The van der Waals surface area contributed by atoms with Crippen molar-refractivity contribution in [1.82, 2.24) is 10.2 Å². The predicted molar refractivity (Wildman–Crippen MR) is 90.4 cm³/mol. The van der Waals surface area contributed by atoms with Crippen molar-refractivity contribution in [3.8, 4) is 22.4 Å². The SMILES string of the molecule is CSc1ccccc1-c1[nH]nc(N)c1-c1ccccc1C. The van der Waals surface area contributed by atoms with Crippen molar-refractivity contribution in [1.29, 1.82) is 0 Å². The molecule has 0 amide bonds. The van der Waals surface area contributed by atoms with Gasteiger partial charge in [0.05, 0.1) is 11.3 Å². The number of aryl methyl sites for hydroxylation is 1. The lowest BCUT2D eigenvalue weighted by Crippen LogP contribution is -1.91. The maximum Gasteiger partial charge on any atom is 0.153 e. The lowest BCUT2D eigenvalue weighted by Gasteiger charge is -2.10. The van der Waals surface area contributed by atoms with Gasteiger partial charge in [0.25, 0.3) is 0 Å². The molecule has 0 aliphatic heterocycles. The van der Waals surface area contributed by atoms with Crippen LogP contribution in [-0.4, -0.2) is 16.5 Å². The maximum absolute atomic E-state index is 6.12. The van der Waals surface area contributed by atoms with Crippen molar-refractivity contribution >= 4 is 17.6 Å². The molecule has 0 aliphatic rings. The van der Waals surface area contributed by atoms with Gasteiger partial charge in [0.1, 0.15) is 0 Å². The third-order valence-corrected chi connectivity index (χ3v) is 4.38. The number of rotatable bonds is 3. The number of thioether (sulfide) groups is 1. The van der Waals surface area contributed by atoms with Crippen LogP contribution in [0, 0.1) is 6.92 Å². The fourth-order valence-corrected chi connectivity index (χ4v) is 3.13. The van der Waals surface area contributed by atoms with Crippen LogP contribution < -0.4 is 5.73 Å². The smallest absolute Gasteiger partial charge is 0.153 e. The van der Waals surface area contributed by atoms with E-state index >= 15 is 0 Å². The summed E-state index contributed by atoms with van der Waals surface area (Å²) in [7, 11) is 0. The minimum Gasteiger partial charge on any atom is -0.382 e. The Morgan fingerprint density at radius 1 is 1.00 bits per heavy atom. The number of aromatic nitrogens is 2. The minimum absolute atomic E-state index is 0.537. The monoisotopic (exact) mass is 295 g/mol. The van der Waals surface area contributed by atoms with Crippen LogP contribution in [0.1, 0.15) is 5.56 Å². The van der Waals surface area contributed by atoms with E-state index in [1.807, 2.05) is 24.3 Å². The van der Waals surface area contributed by atoms with Crippen LogP contribution in [0.25, 0.3) is 22.4 Å². The number of nitrogens with zero attached hydrogens (tertiary/aromatic N) is 1. The zero-order valence-electron chi connectivity index (χ0n) is 12.1. The van der Waals surface area contributed by atoms with Gasteiger partial charge in [-0.2, -0.15) is 5.10 Å². The van der Waals surface area contributed by atoms with Gasteiger partial charge in [0.15, 0.2) is 5.82 Å². The fourth-order valence-electron chi connectivity index (χ4n) is 2.53. The summed E-state index contributed by atoms with van der Waals surface area (Å²) in [4.78, 5) is 1.20. The van der Waals surface area contributed by atoms with Gasteiger partial charge in [0.2, 0.25) is 0 Å². The van der Waals surface area contributed by atoms with E-state index in [1.54, 1.807) is 11.8 Å². The second kappa shape index (κ2) is 5.66. The summed E-state index contributed by atoms with van der Waals surface area (Å²) >= 11 is 1.72. The average molecular weight is 295 g/mol. The van der Waals surface area contributed by atoms with E-state index in [0.29, 0.717) is 5.82 Å². The first-order chi connectivity index (χ1) is 10.2. The largest absolute Gasteiger partial charge is 0.382 e. The zero-order chi connectivity index (χ0) is 14.8. The fraction of sp³-hybridized carbons (Fsp3) is 0.118. The standard InChI is InChI=1S/C17H17N3S/c1-11-7-3-4-8-12(11)15-16(19-20-17(15)18)13-9-5-6-10-14(13)21-2/h3-10H,1-2H3,(H3,18,19,20). The summed E-state index contributed by atoms with van der Waals surface area (Å²) in [5.74, 6) is 0.537. The zero-order valence-corrected chi connectivity index (χ0v) is 12.9. The normalized spacial score (nSPS) is 10.8. The summed E-state index contributed by atoms with van der Waals surface area (Å²) in [6.45, 7) is 2.09. The van der Waals surface area contributed by atoms with Crippen molar-refractivity contribution in [3.63, 3.8) is 0 Å². The molecular weight excluding hydrogens is 278 g/mol. The van der Waals surface area contributed by atoms with Crippen molar-refractivity contribution in [2.75, 3.05) is 12.0 Å². The Bertz CT molecular complexity index is 777. The predicted octanol–water partition coefficient (Wildman–Crippen LogP) is 4.36. The van der Waals surface area contributed by atoms with Crippen LogP contribution in [0.2, 0.25) is 0 Å². The number of anilines is 1. The van der Waals surface area contributed by atoms with E-state index in [1.165, 1.54) is 10.5 Å². The number of nitrogen functional groups attached to an aromatic ring is 1. The van der Waals surface area contributed by atoms with Crippen LogP contribution in [0.4, 0.5) is 5.82 Å². The number of nitrogens with two attached hydrogens (primary N) is 1. The maximum atomic E-state index is 6.12. The molecule has 0 atom stereocenters. The number of hydrogen-bond acceptors (Lipinski definition) is 3. The van der Waals surface area contributed by atoms with Crippen molar-refractivity contribution in [2.24, 2.45) is 0 Å². The lowest BCUT2D eigenvalue weighted by molar-refractivity contribution is 1.10. The number of aromatic amines is 1. The Morgan fingerprint density at radius 3 is 2.38 bits per heavy atom. The molecule has 0 saturated heterocycles. The molecular formula is C17H17N3S. The lowest BCUT2D eigenvalue weighted by atomic mass is 9.97. The Morgan fingerprint density at radius 2 is 1.67 bits per heavy atom. The second-order valence-electron chi connectivity index (χ2n) is 4.87. The van der Waals surface area contributed by atoms with E-state index in [9.17, 15) is 0 Å². The van der Waals surface area contributed by atoms with Crippen molar-refractivity contribution in [2.45, 2.75) is 11.8 Å². The van der Waals surface area contributed by atoms with Crippen molar-refractivity contribution in [3.05, 3.63) is 54.1 Å². The molecule has 3 aromatic rings. The highest BCUT2D eigenvalue weighted by atomic mass is 32.2. The average Bonchev–Trinajstić information content (AvgIpc) is 2.89. The Hall–Kier alpha value is -2.20. The Labute approximate surface area is 128 Å². The highest BCUT2D eigenvalue weighted by molar-refractivity contribution is 7.98. The van der Waals surface area contributed by atoms with Crippen LogP contribution in [0.15, 0.2) is 53.4 Å². The highest BCUT2D eigenvalue weighted by Gasteiger charge is 2.17. The number of nitrogens with one attached hydrogen (secondary N) is 1. The number of hydrogen-bond donors (Lipinski definition) is 2. The number of benzene rings is 2. The molecule has 1 aromatic heterocycles. The van der Waals surface area contributed by atoms with Gasteiger partial charge in [-0.1, -0.05) is 42.5 Å². The quantitative estimate of drug-likeness (QED) is 0.706. The van der Waals surface area contributed by atoms with Gasteiger partial charge in [-0.05, 0) is 30.4 Å². The van der Waals surface area contributed by atoms with Crippen LogP contribution in [-0.2, 0) is 0 Å². The molecule has 3 rings (SSSR count). The molecule has 106 valence electrons. The molecule has 0 radical (unpaired) electrons. The molecule has 0 bridgehead atoms.